The van der Waals surface area contributed by atoms with E-state index in [9.17, 15) is 4.79 Å². The van der Waals surface area contributed by atoms with Crippen LogP contribution in [0.2, 0.25) is 0 Å². The minimum atomic E-state index is -0.266. The lowest BCUT2D eigenvalue weighted by atomic mass is 9.95. The van der Waals surface area contributed by atoms with Crippen molar-refractivity contribution in [2.45, 2.75) is 39.8 Å². The van der Waals surface area contributed by atoms with Crippen molar-refractivity contribution in [3.05, 3.63) is 75.4 Å². The van der Waals surface area contributed by atoms with Gasteiger partial charge in [-0.1, -0.05) is 19.9 Å². The Morgan fingerprint density at radius 3 is 2.41 bits per heavy atom. The number of aromatic nitrogens is 1. The maximum atomic E-state index is 12.1. The first-order chi connectivity index (χ1) is 14.0. The molecule has 1 saturated heterocycles. The standard InChI is InChI=1S/C24H29N3O2/c1-17(2)21-14-22-19(13-24(28)29-23(22)12-18(21)3)15-26-8-10-27(11-9-26)16-20-6-4-5-7-25-20/h4-7,12-14,17H,8-11,15-16H2,1-3H3. The average molecular weight is 392 g/mol. The van der Waals surface area contributed by atoms with Gasteiger partial charge in [-0.2, -0.15) is 0 Å². The Labute approximate surface area is 172 Å². The quantitative estimate of drug-likeness (QED) is 0.617. The van der Waals surface area contributed by atoms with Crippen LogP contribution in [0.25, 0.3) is 11.0 Å². The molecule has 0 bridgehead atoms. The van der Waals surface area contributed by atoms with Gasteiger partial charge in [0.05, 0.1) is 5.69 Å². The highest BCUT2D eigenvalue weighted by atomic mass is 16.4. The first-order valence-electron chi connectivity index (χ1n) is 10.4. The molecule has 0 spiro atoms. The van der Waals surface area contributed by atoms with Gasteiger partial charge in [0.1, 0.15) is 5.58 Å². The van der Waals surface area contributed by atoms with Gasteiger partial charge in [-0.3, -0.25) is 14.8 Å². The number of hydrogen-bond donors (Lipinski definition) is 0. The fourth-order valence-electron chi connectivity index (χ4n) is 4.21. The van der Waals surface area contributed by atoms with Crippen molar-refractivity contribution in [3.63, 3.8) is 0 Å². The van der Waals surface area contributed by atoms with Gasteiger partial charge in [0.15, 0.2) is 0 Å². The van der Waals surface area contributed by atoms with E-state index in [1.54, 1.807) is 6.07 Å². The number of fused-ring (bicyclic) bond motifs is 1. The lowest BCUT2D eigenvalue weighted by Crippen LogP contribution is -2.45. The summed E-state index contributed by atoms with van der Waals surface area (Å²) < 4.78 is 5.50. The van der Waals surface area contributed by atoms with Crippen LogP contribution in [0.5, 0.6) is 0 Å². The molecule has 4 rings (SSSR count). The van der Waals surface area contributed by atoms with E-state index in [0.717, 1.165) is 55.9 Å². The van der Waals surface area contributed by atoms with Crippen LogP contribution in [0.3, 0.4) is 0 Å². The van der Waals surface area contributed by atoms with Crippen molar-refractivity contribution < 1.29 is 4.42 Å². The van der Waals surface area contributed by atoms with E-state index >= 15 is 0 Å². The maximum absolute atomic E-state index is 12.1. The second kappa shape index (κ2) is 8.47. The molecule has 1 aliphatic rings. The molecule has 3 heterocycles. The van der Waals surface area contributed by atoms with Crippen LogP contribution >= 0.6 is 0 Å². The summed E-state index contributed by atoms with van der Waals surface area (Å²) in [4.78, 5) is 21.4. The fourth-order valence-corrected chi connectivity index (χ4v) is 4.21. The number of rotatable bonds is 5. The second-order valence-electron chi connectivity index (χ2n) is 8.32. The minimum absolute atomic E-state index is 0.266. The predicted molar refractivity (Wildman–Crippen MR) is 116 cm³/mol. The Kier molecular flexibility index (Phi) is 5.79. The molecule has 152 valence electrons. The van der Waals surface area contributed by atoms with Crippen LogP contribution < -0.4 is 5.63 Å². The summed E-state index contributed by atoms with van der Waals surface area (Å²) in [5.41, 5.74) is 5.10. The number of pyridine rings is 1. The van der Waals surface area contributed by atoms with Gasteiger partial charge in [-0.25, -0.2) is 4.79 Å². The average Bonchev–Trinajstić information content (AvgIpc) is 2.69. The summed E-state index contributed by atoms with van der Waals surface area (Å²) in [7, 11) is 0. The Bertz CT molecular complexity index is 1040. The van der Waals surface area contributed by atoms with Gasteiger partial charge in [0, 0.05) is 56.9 Å². The van der Waals surface area contributed by atoms with E-state index in [-0.39, 0.29) is 5.63 Å². The highest BCUT2D eigenvalue weighted by molar-refractivity contribution is 5.82. The SMILES string of the molecule is Cc1cc2oc(=O)cc(CN3CCN(Cc4ccccn4)CC3)c2cc1C(C)C. The molecule has 5 nitrogen and oxygen atoms in total. The Hall–Kier alpha value is -2.50. The number of nitrogens with zero attached hydrogens (tertiary/aromatic N) is 3. The number of benzene rings is 1. The van der Waals surface area contributed by atoms with Crippen LogP contribution in [0, 0.1) is 6.92 Å². The summed E-state index contributed by atoms with van der Waals surface area (Å²) in [6.07, 6.45) is 1.85. The molecule has 5 heteroatoms. The molecular formula is C24H29N3O2. The van der Waals surface area contributed by atoms with Crippen LogP contribution in [0.1, 0.15) is 42.1 Å². The smallest absolute Gasteiger partial charge is 0.336 e. The molecule has 0 radical (unpaired) electrons. The Balaban J connectivity index is 1.49. The van der Waals surface area contributed by atoms with E-state index < -0.39 is 0 Å². The van der Waals surface area contributed by atoms with Crippen molar-refractivity contribution in [2.24, 2.45) is 0 Å². The first kappa shape index (κ1) is 19.8. The van der Waals surface area contributed by atoms with Gasteiger partial charge >= 0.3 is 5.63 Å². The van der Waals surface area contributed by atoms with E-state index in [1.165, 1.54) is 11.1 Å². The molecule has 0 amide bonds. The van der Waals surface area contributed by atoms with Crippen molar-refractivity contribution in [3.8, 4) is 0 Å². The van der Waals surface area contributed by atoms with E-state index in [1.807, 2.05) is 24.4 Å². The van der Waals surface area contributed by atoms with Gasteiger partial charge in [-0.15, -0.1) is 0 Å². The van der Waals surface area contributed by atoms with Crippen molar-refractivity contribution >= 4 is 11.0 Å². The molecule has 0 unspecified atom stereocenters. The highest BCUT2D eigenvalue weighted by Gasteiger charge is 2.19. The van der Waals surface area contributed by atoms with Crippen molar-refractivity contribution in [2.75, 3.05) is 26.2 Å². The molecule has 2 aromatic heterocycles. The zero-order valence-electron chi connectivity index (χ0n) is 17.5. The molecule has 1 aliphatic heterocycles. The zero-order valence-corrected chi connectivity index (χ0v) is 17.5. The minimum Gasteiger partial charge on any atom is -0.423 e. The van der Waals surface area contributed by atoms with E-state index in [2.05, 4.69) is 47.7 Å². The fraction of sp³-hybridized carbons (Fsp3) is 0.417. The predicted octanol–water partition coefficient (Wildman–Crippen LogP) is 3.94. The number of aryl methyl sites for hydroxylation is 1. The van der Waals surface area contributed by atoms with Crippen LogP contribution in [0.15, 0.2) is 51.8 Å². The van der Waals surface area contributed by atoms with Gasteiger partial charge in [-0.05, 0) is 53.8 Å². The van der Waals surface area contributed by atoms with Crippen LogP contribution in [-0.4, -0.2) is 41.0 Å². The summed E-state index contributed by atoms with van der Waals surface area (Å²) in [6.45, 7) is 12.1. The Morgan fingerprint density at radius 1 is 1.03 bits per heavy atom. The number of hydrogen-bond acceptors (Lipinski definition) is 5. The van der Waals surface area contributed by atoms with E-state index in [4.69, 9.17) is 4.42 Å². The molecule has 0 aliphatic carbocycles. The molecule has 29 heavy (non-hydrogen) atoms. The van der Waals surface area contributed by atoms with Crippen molar-refractivity contribution in [1.82, 2.24) is 14.8 Å². The molecule has 0 N–H and O–H groups in total. The molecule has 1 aromatic carbocycles. The molecule has 3 aromatic rings. The lowest BCUT2D eigenvalue weighted by molar-refractivity contribution is 0.121. The molecule has 0 atom stereocenters. The third-order valence-electron chi connectivity index (χ3n) is 5.81. The van der Waals surface area contributed by atoms with E-state index in [0.29, 0.717) is 11.5 Å². The normalized spacial score (nSPS) is 16.0. The monoisotopic (exact) mass is 391 g/mol. The largest absolute Gasteiger partial charge is 0.423 e. The van der Waals surface area contributed by atoms with Gasteiger partial charge in [0.2, 0.25) is 0 Å². The summed E-state index contributed by atoms with van der Waals surface area (Å²) >= 11 is 0. The first-order valence-corrected chi connectivity index (χ1v) is 10.4. The van der Waals surface area contributed by atoms with Crippen LogP contribution in [0.4, 0.5) is 0 Å². The van der Waals surface area contributed by atoms with Crippen molar-refractivity contribution in [1.29, 1.82) is 0 Å². The lowest BCUT2D eigenvalue weighted by Gasteiger charge is -2.34. The molecular weight excluding hydrogens is 362 g/mol. The van der Waals surface area contributed by atoms with Gasteiger partial charge < -0.3 is 4.42 Å². The summed E-state index contributed by atoms with van der Waals surface area (Å²) in [5.74, 6) is 0.439. The maximum Gasteiger partial charge on any atom is 0.336 e. The summed E-state index contributed by atoms with van der Waals surface area (Å²) in [5, 5.41) is 1.06. The topological polar surface area (TPSA) is 49.6 Å². The third-order valence-corrected chi connectivity index (χ3v) is 5.81. The molecule has 1 fully saturated rings. The summed E-state index contributed by atoms with van der Waals surface area (Å²) in [6, 6.07) is 12.0. The highest BCUT2D eigenvalue weighted by Crippen LogP contribution is 2.27. The Morgan fingerprint density at radius 2 is 1.76 bits per heavy atom. The zero-order chi connectivity index (χ0) is 20.4. The molecule has 0 saturated carbocycles. The third kappa shape index (κ3) is 4.57. The second-order valence-corrected chi connectivity index (χ2v) is 8.32. The van der Waals surface area contributed by atoms with Gasteiger partial charge in [0.25, 0.3) is 0 Å². The number of piperazine rings is 1. The van der Waals surface area contributed by atoms with Crippen LogP contribution in [-0.2, 0) is 13.1 Å².